The molecule has 0 bridgehead atoms. The largest absolute Gasteiger partial charge is 0.416 e. The van der Waals surface area contributed by atoms with Gasteiger partial charge < -0.3 is 5.32 Å². The van der Waals surface area contributed by atoms with Crippen molar-refractivity contribution >= 4 is 5.91 Å². The average Bonchev–Trinajstić information content (AvgIpc) is 2.79. The van der Waals surface area contributed by atoms with E-state index in [0.29, 0.717) is 31.4 Å². The molecule has 1 N–H and O–H groups in total. The molecule has 0 heterocycles. The molecule has 5 nitrogen and oxygen atoms in total. The number of rotatable bonds is 3. The molecule has 0 saturated heterocycles. The summed E-state index contributed by atoms with van der Waals surface area (Å²) >= 11 is 0. The van der Waals surface area contributed by atoms with Gasteiger partial charge in [-0.05, 0) is 36.6 Å². The molecule has 0 unspecified atom stereocenters. The van der Waals surface area contributed by atoms with E-state index >= 15 is 0 Å². The van der Waals surface area contributed by atoms with E-state index in [-0.39, 0.29) is 6.07 Å². The molecule has 148 valence electrons. The number of azide groups is 1. The third-order valence-corrected chi connectivity index (χ3v) is 4.35. The van der Waals surface area contributed by atoms with E-state index in [1.165, 1.54) is 0 Å². The van der Waals surface area contributed by atoms with Gasteiger partial charge in [0.25, 0.3) is 5.91 Å². The first-order valence-electron chi connectivity index (χ1n) is 8.17. The van der Waals surface area contributed by atoms with E-state index in [1.54, 1.807) is 0 Å². The van der Waals surface area contributed by atoms with Gasteiger partial charge in [0, 0.05) is 16.5 Å². The highest BCUT2D eigenvalue weighted by atomic mass is 19.4. The minimum absolute atomic E-state index is 0.0365. The number of benzene rings is 1. The predicted octanol–water partition coefficient (Wildman–Crippen LogP) is 5.47. The summed E-state index contributed by atoms with van der Waals surface area (Å²) in [6.07, 6.45) is -6.91. The zero-order valence-corrected chi connectivity index (χ0v) is 13.9. The Hall–Kier alpha value is -2.42. The third-order valence-electron chi connectivity index (χ3n) is 4.35. The number of nitrogens with one attached hydrogen (secondary N) is 1. The normalized spacial score (nSPS) is 21.1. The standard InChI is InChI=1S/C16H16F6N4O/c17-15(18,19)10-6-9(7-11(8-10)16(20,21)22)14(27)24-12-4-2-1-3-5-13(12)25-26-23/h6-8,12-13H,1-5H2,(H,24,27)/t12-,13-/m1/s1. The SMILES string of the molecule is [N-]=[N+]=N[C@@H]1CCCCC[C@H]1NC(=O)c1cc(C(F)(F)F)cc(C(F)(F)F)c1. The molecule has 1 aliphatic carbocycles. The van der Waals surface area contributed by atoms with Gasteiger partial charge in [0.05, 0.1) is 17.2 Å². The Morgan fingerprint density at radius 3 is 2.07 bits per heavy atom. The average molecular weight is 394 g/mol. The number of carbonyl (C=O) groups excluding carboxylic acids is 1. The van der Waals surface area contributed by atoms with Gasteiger partial charge in [0.2, 0.25) is 0 Å². The molecule has 0 radical (unpaired) electrons. The molecule has 11 heteroatoms. The first-order valence-corrected chi connectivity index (χ1v) is 8.17. The van der Waals surface area contributed by atoms with Crippen LogP contribution in [0.1, 0.15) is 53.6 Å². The van der Waals surface area contributed by atoms with Crippen LogP contribution in [0.5, 0.6) is 0 Å². The molecule has 0 aromatic heterocycles. The number of alkyl halides is 6. The third kappa shape index (κ3) is 5.53. The Morgan fingerprint density at radius 2 is 1.56 bits per heavy atom. The minimum Gasteiger partial charge on any atom is -0.349 e. The molecule has 1 amide bonds. The summed E-state index contributed by atoms with van der Waals surface area (Å²) in [5.74, 6) is -1.07. The van der Waals surface area contributed by atoms with Crippen LogP contribution in [-0.4, -0.2) is 18.0 Å². The van der Waals surface area contributed by atoms with Crippen LogP contribution >= 0.6 is 0 Å². The Balaban J connectivity index is 2.35. The van der Waals surface area contributed by atoms with Crippen molar-refractivity contribution < 1.29 is 31.1 Å². The molecular formula is C16H16F6N4O. The molecule has 2 rings (SSSR count). The Labute approximate surface area is 150 Å². The van der Waals surface area contributed by atoms with Crippen molar-refractivity contribution in [3.8, 4) is 0 Å². The number of amides is 1. The lowest BCUT2D eigenvalue weighted by Crippen LogP contribution is -2.42. The van der Waals surface area contributed by atoms with Crippen molar-refractivity contribution in [2.75, 3.05) is 0 Å². The highest BCUT2D eigenvalue weighted by Crippen LogP contribution is 2.36. The number of hydrogen-bond donors (Lipinski definition) is 1. The van der Waals surface area contributed by atoms with Gasteiger partial charge in [-0.25, -0.2) is 0 Å². The number of carbonyl (C=O) groups is 1. The second-order valence-corrected chi connectivity index (χ2v) is 6.28. The van der Waals surface area contributed by atoms with Crippen LogP contribution < -0.4 is 5.32 Å². The number of nitrogens with zero attached hydrogens (tertiary/aromatic N) is 3. The van der Waals surface area contributed by atoms with Crippen molar-refractivity contribution in [2.24, 2.45) is 5.11 Å². The van der Waals surface area contributed by atoms with Gasteiger partial charge in [-0.15, -0.1) is 0 Å². The molecule has 1 fully saturated rings. The lowest BCUT2D eigenvalue weighted by atomic mass is 10.0. The van der Waals surface area contributed by atoms with Gasteiger partial charge >= 0.3 is 12.4 Å². The van der Waals surface area contributed by atoms with E-state index in [2.05, 4.69) is 15.3 Å². The Kier molecular flexibility index (Phi) is 6.25. The summed E-state index contributed by atoms with van der Waals surface area (Å²) in [6.45, 7) is 0. The van der Waals surface area contributed by atoms with Crippen molar-refractivity contribution in [1.82, 2.24) is 5.32 Å². The maximum absolute atomic E-state index is 12.9. The molecule has 0 spiro atoms. The molecule has 1 aliphatic rings. The highest BCUT2D eigenvalue weighted by Gasteiger charge is 2.37. The van der Waals surface area contributed by atoms with Crippen LogP contribution in [0.15, 0.2) is 23.3 Å². The van der Waals surface area contributed by atoms with E-state index < -0.39 is 47.0 Å². The predicted molar refractivity (Wildman–Crippen MR) is 83.7 cm³/mol. The van der Waals surface area contributed by atoms with E-state index in [9.17, 15) is 31.1 Å². The summed E-state index contributed by atoms with van der Waals surface area (Å²) in [6, 6.07) is -0.534. The maximum atomic E-state index is 12.9. The first-order chi connectivity index (χ1) is 12.5. The molecule has 1 aromatic carbocycles. The second-order valence-electron chi connectivity index (χ2n) is 6.28. The van der Waals surface area contributed by atoms with Gasteiger partial charge in [0.1, 0.15) is 0 Å². The van der Waals surface area contributed by atoms with Gasteiger partial charge in [0.15, 0.2) is 0 Å². The van der Waals surface area contributed by atoms with E-state index in [4.69, 9.17) is 5.53 Å². The molecule has 0 aliphatic heterocycles. The summed E-state index contributed by atoms with van der Waals surface area (Å²) in [5, 5.41) is 6.02. The van der Waals surface area contributed by atoms with Crippen LogP contribution in [0, 0.1) is 0 Å². The lowest BCUT2D eigenvalue weighted by Gasteiger charge is -2.23. The molecule has 27 heavy (non-hydrogen) atoms. The topological polar surface area (TPSA) is 77.9 Å². The minimum atomic E-state index is -5.04. The molecular weight excluding hydrogens is 378 g/mol. The van der Waals surface area contributed by atoms with Gasteiger partial charge in [-0.2, -0.15) is 26.3 Å². The van der Waals surface area contributed by atoms with E-state index in [1.807, 2.05) is 0 Å². The summed E-state index contributed by atoms with van der Waals surface area (Å²) < 4.78 is 77.5. The van der Waals surface area contributed by atoms with Crippen molar-refractivity contribution in [2.45, 2.75) is 56.5 Å². The molecule has 2 atom stereocenters. The first kappa shape index (κ1) is 20.9. The number of halogens is 6. The fraction of sp³-hybridized carbons (Fsp3) is 0.562. The van der Waals surface area contributed by atoms with E-state index in [0.717, 1.165) is 12.8 Å². The Bertz CT molecular complexity index is 707. The summed E-state index contributed by atoms with van der Waals surface area (Å²) in [5.41, 5.74) is 4.76. The van der Waals surface area contributed by atoms with Crippen LogP contribution in [0.2, 0.25) is 0 Å². The highest BCUT2D eigenvalue weighted by molar-refractivity contribution is 5.95. The van der Waals surface area contributed by atoms with Crippen LogP contribution in [0.4, 0.5) is 26.3 Å². The zero-order valence-electron chi connectivity index (χ0n) is 13.9. The van der Waals surface area contributed by atoms with Crippen LogP contribution in [0.25, 0.3) is 10.4 Å². The number of hydrogen-bond acceptors (Lipinski definition) is 2. The maximum Gasteiger partial charge on any atom is 0.416 e. The smallest absolute Gasteiger partial charge is 0.349 e. The second kappa shape index (κ2) is 8.08. The van der Waals surface area contributed by atoms with Crippen molar-refractivity contribution in [3.05, 3.63) is 45.3 Å². The quantitative estimate of drug-likeness (QED) is 0.239. The van der Waals surface area contributed by atoms with Crippen molar-refractivity contribution in [1.29, 1.82) is 0 Å². The van der Waals surface area contributed by atoms with Gasteiger partial charge in [-0.1, -0.05) is 24.4 Å². The molecule has 1 aromatic rings. The lowest BCUT2D eigenvalue weighted by molar-refractivity contribution is -0.143. The Morgan fingerprint density at radius 1 is 1.00 bits per heavy atom. The van der Waals surface area contributed by atoms with Crippen molar-refractivity contribution in [3.63, 3.8) is 0 Å². The monoisotopic (exact) mass is 394 g/mol. The molecule has 1 saturated carbocycles. The summed E-state index contributed by atoms with van der Waals surface area (Å²) in [7, 11) is 0. The van der Waals surface area contributed by atoms with Crippen LogP contribution in [-0.2, 0) is 12.4 Å². The fourth-order valence-corrected chi connectivity index (χ4v) is 3.00. The van der Waals surface area contributed by atoms with Crippen LogP contribution in [0.3, 0.4) is 0 Å². The summed E-state index contributed by atoms with van der Waals surface area (Å²) in [4.78, 5) is 15.1. The zero-order chi connectivity index (χ0) is 20.2. The fourth-order valence-electron chi connectivity index (χ4n) is 3.00. The van der Waals surface area contributed by atoms with Gasteiger partial charge in [-0.3, -0.25) is 4.79 Å².